The summed E-state index contributed by atoms with van der Waals surface area (Å²) in [5, 5.41) is 37.8. The number of aliphatic carboxylic acids is 3. The second-order valence-corrected chi connectivity index (χ2v) is 37.8. The van der Waals surface area contributed by atoms with Crippen LogP contribution in [0.2, 0.25) is 5.28 Å². The second-order valence-electron chi connectivity index (χ2n) is 37.5. The quantitative estimate of drug-likeness (QED) is 0.0201. The van der Waals surface area contributed by atoms with Crippen LogP contribution < -0.4 is 32.4 Å². The number of aromatic nitrogens is 8. The van der Waals surface area contributed by atoms with Crippen molar-refractivity contribution >= 4 is 122 Å². The van der Waals surface area contributed by atoms with Gasteiger partial charge in [-0.1, -0.05) is 93.1 Å². The number of Topliss-reactive ketones (excluding diaryl/α,β-unsaturated/α-hetero) is 1. The number of likely N-dealkylation sites (tertiary alicyclic amines) is 4. The molecule has 4 aliphatic heterocycles. The van der Waals surface area contributed by atoms with E-state index in [4.69, 9.17) is 59.3 Å². The topological polar surface area (TPSA) is 447 Å². The number of ether oxygens (including phenoxy) is 9. The van der Waals surface area contributed by atoms with Crippen molar-refractivity contribution in [1.29, 1.82) is 0 Å². The van der Waals surface area contributed by atoms with E-state index in [1.807, 2.05) is 144 Å². The Morgan fingerprint density at radius 3 is 1.16 bits per heavy atom. The number of ketones is 1. The fourth-order valence-electron chi connectivity index (χ4n) is 16.3. The first kappa shape index (κ1) is 108. The number of para-hydroxylation sites is 8. The Labute approximate surface area is 797 Å². The van der Waals surface area contributed by atoms with E-state index in [1.54, 1.807) is 113 Å². The molecule has 8 aromatic rings. The van der Waals surface area contributed by atoms with Gasteiger partial charge in [0.05, 0.1) is 101 Å². The number of hydrogen-bond acceptors (Lipinski definition) is 24. The minimum absolute atomic E-state index is 0. The van der Waals surface area contributed by atoms with Gasteiger partial charge in [-0.2, -0.15) is 15.0 Å². The maximum absolute atomic E-state index is 13.7. The van der Waals surface area contributed by atoms with Crippen LogP contribution in [0.4, 0.5) is 19.2 Å². The molecule has 0 spiro atoms. The van der Waals surface area contributed by atoms with Crippen molar-refractivity contribution in [1.82, 2.24) is 57.8 Å². The van der Waals surface area contributed by atoms with Crippen LogP contribution in [-0.4, -0.2) is 254 Å². The summed E-state index contributed by atoms with van der Waals surface area (Å²) < 4.78 is 57.5. The van der Waals surface area contributed by atoms with Crippen LogP contribution in [0.3, 0.4) is 0 Å². The van der Waals surface area contributed by atoms with Crippen LogP contribution in [0.25, 0.3) is 50.3 Å². The largest absolute Gasteiger partial charge is 1.00 e. The number of quaternary nitrogens is 1. The molecule has 4 saturated heterocycles. The van der Waals surface area contributed by atoms with Crippen molar-refractivity contribution in [2.45, 2.75) is 272 Å². The zero-order valence-corrected chi connectivity index (χ0v) is 81.6. The number of carbonyl (C=O) groups excluding carboxylic acids is 7. The highest BCUT2D eigenvalue weighted by Gasteiger charge is 2.63. The summed E-state index contributed by atoms with van der Waals surface area (Å²) in [6.45, 7) is 44.6. The number of hydrogen-bond donors (Lipinski definition) is 5. The predicted molar refractivity (Wildman–Crippen MR) is 501 cm³/mol. The zero-order valence-electron chi connectivity index (χ0n) is 80.1. The van der Waals surface area contributed by atoms with Gasteiger partial charge in [0.15, 0.2) is 11.3 Å². The van der Waals surface area contributed by atoms with Crippen molar-refractivity contribution in [3.05, 3.63) is 146 Å². The standard InChI is InChI=1S/C29H39N3O6.2C20H25N3O5.C10H9ClN2.C10H17NO5.C8H15NO2.ClH/c1-7-14-31-22-13-11-10-12-21(22)30-26(31)37-20-15-23(32(18-20)27(35)38-28(4,5)6)24(33)17-29(16-19(29)8-2)25(34)36-9-3;2*1-5-10-22-15-9-7-6-8-14(15)21-18(22)27-13-11-16(17(24)25)23(12-13)19(26)28-20(2,3)4;1-2-7-13-9-6-4-3-5-8(9)12-10(13)11;1-10(2,3)16-9(15)11-5-6(12)4-7(11)8(13)14;1-3-6-5-8(6,9)7(10)11-4-2;/h7,10-13,19-20,23H,1,8-9,14-18H2,2-6H3;5-10,13,16H,11-12H2,1-4H3,(H,24,25);5-9,13,16H,1,10-12H2,2-4H3,(H,24,25);2-6H,1,7H2;6-7,12H,4-5H2,1-3H3,(H,13,14);6H,3-5,9H2,1-2H3;1H/b;10-5+;;;;;/t19-,20-,23+,29-;2*13-,16+;;6-,7+;6-,8-;/m111.11./s1. The van der Waals surface area contributed by atoms with Crippen molar-refractivity contribution in [3.8, 4) is 18.0 Å². The number of aliphatic hydroxyl groups excluding tert-OH is 1. The van der Waals surface area contributed by atoms with Crippen LogP contribution >= 0.6 is 11.6 Å². The smallest absolute Gasteiger partial charge is 0.411 e. The van der Waals surface area contributed by atoms with Crippen LogP contribution in [-0.2, 0) is 76.8 Å². The molecule has 736 valence electrons. The van der Waals surface area contributed by atoms with Crippen LogP contribution in [0.15, 0.2) is 141 Å². The molecule has 6 fully saturated rings. The molecule has 0 unspecified atom stereocenters. The van der Waals surface area contributed by atoms with Gasteiger partial charge in [0.2, 0.25) is 5.28 Å². The molecule has 38 heteroatoms. The first-order valence-electron chi connectivity index (χ1n) is 45.1. The molecule has 0 bridgehead atoms. The lowest BCUT2D eigenvalue weighted by atomic mass is 9.91. The molecule has 36 nitrogen and oxygen atoms in total. The maximum Gasteiger partial charge on any atom is 0.411 e. The van der Waals surface area contributed by atoms with E-state index in [9.17, 15) is 63.3 Å². The number of aliphatic hydroxyl groups is 1. The fourth-order valence-corrected chi connectivity index (χ4v) is 16.5. The van der Waals surface area contributed by atoms with Crippen molar-refractivity contribution in [2.24, 2.45) is 17.3 Å². The Bertz CT molecular complexity index is 5560. The summed E-state index contributed by atoms with van der Waals surface area (Å²) >= 11 is 5.95. The Hall–Kier alpha value is -12.3. The van der Waals surface area contributed by atoms with Gasteiger partial charge in [-0.15, -0.1) is 19.7 Å². The number of rotatable bonds is 25. The number of β-amino-alcohol motifs (C(OH)–C–C–N with tert-alkyl or cyclic N) is 1. The molecule has 14 rings (SSSR count). The molecule has 0 radical (unpaired) electrons. The monoisotopic (exact) mass is 1920 g/mol. The van der Waals surface area contributed by atoms with E-state index in [1.165, 1.54) is 14.7 Å². The van der Waals surface area contributed by atoms with Crippen molar-refractivity contribution in [2.75, 3.05) is 39.4 Å². The summed E-state index contributed by atoms with van der Waals surface area (Å²) in [6.07, 6.45) is 8.17. The highest BCUT2D eigenvalue weighted by molar-refractivity contribution is 6.29. The zero-order chi connectivity index (χ0) is 98.9. The normalized spacial score (nSPS) is 22.1. The summed E-state index contributed by atoms with van der Waals surface area (Å²) in [7, 11) is 0. The average Bonchev–Trinajstić information content (AvgIpc) is 1.57. The number of amides is 4. The van der Waals surface area contributed by atoms with Crippen molar-refractivity contribution in [3.63, 3.8) is 0 Å². The molecule has 8 heterocycles. The molecule has 4 aromatic carbocycles. The van der Waals surface area contributed by atoms with E-state index < -0.39 is 119 Å². The van der Waals surface area contributed by atoms with E-state index in [2.05, 4.69) is 52.3 Å². The summed E-state index contributed by atoms with van der Waals surface area (Å²) in [6, 6.07) is 28.2. The number of carboxylic acid groups (broad SMARTS) is 3. The lowest BCUT2D eigenvalue weighted by Crippen LogP contribution is -3.00. The van der Waals surface area contributed by atoms with Gasteiger partial charge >= 0.3 is 60.2 Å². The fraction of sp³-hybridized carbons (Fsp3) is 0.526. The van der Waals surface area contributed by atoms with E-state index in [0.29, 0.717) is 61.9 Å². The number of benzene rings is 4. The molecule has 2 saturated carbocycles. The van der Waals surface area contributed by atoms with Gasteiger partial charge in [0, 0.05) is 70.3 Å². The Kier molecular flexibility index (Phi) is 37.1. The molecule has 7 N–H and O–H groups in total. The lowest BCUT2D eigenvalue weighted by Gasteiger charge is -2.28. The number of imidazole rings is 4. The molecule has 6 aliphatic rings. The second kappa shape index (κ2) is 46.3. The summed E-state index contributed by atoms with van der Waals surface area (Å²) in [4.78, 5) is 144. The van der Waals surface area contributed by atoms with E-state index in [-0.39, 0.29) is 106 Å². The molecule has 4 amide bonds. The van der Waals surface area contributed by atoms with Gasteiger partial charge in [-0.05, 0) is 183 Å². The minimum atomic E-state index is -1.12. The maximum atomic E-state index is 13.7. The van der Waals surface area contributed by atoms with Gasteiger partial charge in [0.1, 0.15) is 58.8 Å². The highest BCUT2D eigenvalue weighted by Crippen LogP contribution is 2.58. The van der Waals surface area contributed by atoms with Crippen LogP contribution in [0.1, 0.15) is 175 Å². The van der Waals surface area contributed by atoms with Gasteiger partial charge < -0.3 is 85.8 Å². The van der Waals surface area contributed by atoms with Crippen LogP contribution in [0.5, 0.6) is 18.0 Å². The number of carboxylic acids is 3. The number of esters is 2. The lowest BCUT2D eigenvalue weighted by molar-refractivity contribution is -0.430. The van der Waals surface area contributed by atoms with Gasteiger partial charge in [0.25, 0.3) is 12.0 Å². The predicted octanol–water partition coefficient (Wildman–Crippen LogP) is 11.6. The van der Waals surface area contributed by atoms with Crippen LogP contribution in [0, 0.1) is 17.3 Å². The molecular formula is C97H131Cl2N13O23. The number of fused-ring (bicyclic) bond motifs is 4. The molecule has 2 aliphatic carbocycles. The van der Waals surface area contributed by atoms with E-state index >= 15 is 0 Å². The molecule has 135 heavy (non-hydrogen) atoms. The van der Waals surface area contributed by atoms with E-state index in [0.717, 1.165) is 68.3 Å². The van der Waals surface area contributed by atoms with Gasteiger partial charge in [-0.3, -0.25) is 42.9 Å². The number of allylic oxidation sites excluding steroid dienone is 4. The SMILES string of the molecule is C/C=C/n1c(O[C@@H]2C[C@@H](C(=O)O)N(C(=O)OC(C)(C)C)C2)nc2ccccc21.C=CCn1c(Cl)nc2ccccc21.C=CCn1c(O[C@@H]2C[C@@H](C(=O)C[C@]3(C(=O)OCC)C[C@H]3CC)N(C(=O)OC(C)(C)C)C2)nc2ccccc21.C=CCn1c(O[C@@H]2C[C@@H](C(=O)O)N(C(=O)OC(C)(C)C)C2)nc2ccccc21.CC(C)(C)OC(=O)N1C[C@H](O)C[C@H]1C(=O)O.CCOC(=O)[C@@]1([NH3+])C[C@H]1CC.[Cl-]. The van der Waals surface area contributed by atoms with Crippen molar-refractivity contribution < 1.29 is 129 Å². The summed E-state index contributed by atoms with van der Waals surface area (Å²) in [5.74, 6) is -3.35. The first-order chi connectivity index (χ1) is 63.1. The Balaban J connectivity index is 0.000000208. The Morgan fingerprint density at radius 1 is 0.459 bits per heavy atom. The minimum Gasteiger partial charge on any atom is -1.00 e. The third kappa shape index (κ3) is 28.2. The molecular weight excluding hydrogens is 1790 g/mol. The number of carbonyl (C=O) groups is 10. The highest BCUT2D eigenvalue weighted by atomic mass is 35.5. The third-order valence-corrected chi connectivity index (χ3v) is 22.9. The summed E-state index contributed by atoms with van der Waals surface area (Å²) in [5.41, 5.74) is 6.86. The first-order valence-corrected chi connectivity index (χ1v) is 45.5. The Morgan fingerprint density at radius 2 is 0.793 bits per heavy atom. The molecule has 4 aromatic heterocycles. The number of halogens is 2. The third-order valence-electron chi connectivity index (χ3n) is 22.6. The van der Waals surface area contributed by atoms with Gasteiger partial charge in [-0.25, -0.2) is 43.3 Å². The molecule has 12 atom stereocenters. The number of nitrogens with zero attached hydrogens (tertiary/aromatic N) is 12. The average molecular weight is 1920 g/mol.